The fourth-order valence-electron chi connectivity index (χ4n) is 1.40. The van der Waals surface area contributed by atoms with E-state index >= 15 is 0 Å². The van der Waals surface area contributed by atoms with Crippen LogP contribution >= 0.6 is 0 Å². The second-order valence-electron chi connectivity index (χ2n) is 4.02. The van der Waals surface area contributed by atoms with Crippen molar-refractivity contribution in [3.05, 3.63) is 0 Å². The highest BCUT2D eigenvalue weighted by Gasteiger charge is 2.25. The molecule has 0 aromatic carbocycles. The fraction of sp³-hybridized carbons (Fsp3) is 0.900. The van der Waals surface area contributed by atoms with Crippen LogP contribution in [0.4, 0.5) is 0 Å². The van der Waals surface area contributed by atoms with Gasteiger partial charge in [-0.1, -0.05) is 0 Å². The number of amides is 1. The number of carbonyl (C=O) groups is 1. The van der Waals surface area contributed by atoms with E-state index in [1.54, 1.807) is 12.0 Å². The van der Waals surface area contributed by atoms with Crippen LogP contribution in [0.1, 0.15) is 19.3 Å². The van der Waals surface area contributed by atoms with Crippen molar-refractivity contribution in [2.75, 3.05) is 27.2 Å². The van der Waals surface area contributed by atoms with Crippen molar-refractivity contribution < 1.29 is 9.53 Å². The van der Waals surface area contributed by atoms with Gasteiger partial charge in [-0.25, -0.2) is 0 Å². The Bertz CT molecular complexity index is 189. The summed E-state index contributed by atoms with van der Waals surface area (Å²) in [5, 5.41) is 0. The van der Waals surface area contributed by atoms with Crippen LogP contribution in [0.25, 0.3) is 0 Å². The van der Waals surface area contributed by atoms with E-state index in [0.717, 1.165) is 12.5 Å². The zero-order chi connectivity index (χ0) is 10.6. The Balaban J connectivity index is 2.23. The summed E-state index contributed by atoms with van der Waals surface area (Å²) < 4.78 is 5.07. The summed E-state index contributed by atoms with van der Waals surface area (Å²) in [6.45, 7) is 1.29. The molecular formula is C10H20N2O2. The molecule has 1 aliphatic rings. The first kappa shape index (κ1) is 11.5. The molecule has 0 aromatic rings. The zero-order valence-electron chi connectivity index (χ0n) is 9.03. The maximum atomic E-state index is 11.6. The fourth-order valence-corrected chi connectivity index (χ4v) is 1.40. The number of rotatable bonds is 6. The van der Waals surface area contributed by atoms with E-state index < -0.39 is 0 Å². The summed E-state index contributed by atoms with van der Waals surface area (Å²) >= 11 is 0. The van der Waals surface area contributed by atoms with Crippen molar-refractivity contribution in [2.45, 2.75) is 25.4 Å². The van der Waals surface area contributed by atoms with Gasteiger partial charge in [0.1, 0.15) is 0 Å². The van der Waals surface area contributed by atoms with Crippen molar-refractivity contribution in [3.8, 4) is 0 Å². The topological polar surface area (TPSA) is 55.6 Å². The Hall–Kier alpha value is -0.610. The van der Waals surface area contributed by atoms with Crippen molar-refractivity contribution in [1.29, 1.82) is 0 Å². The van der Waals surface area contributed by atoms with E-state index in [2.05, 4.69) is 0 Å². The molecule has 1 amide bonds. The number of hydrogen-bond acceptors (Lipinski definition) is 3. The molecule has 4 heteroatoms. The van der Waals surface area contributed by atoms with Gasteiger partial charge in [0.25, 0.3) is 0 Å². The Kier molecular flexibility index (Phi) is 4.35. The molecule has 0 radical (unpaired) electrons. The highest BCUT2D eigenvalue weighted by molar-refractivity contribution is 5.76. The van der Waals surface area contributed by atoms with Gasteiger partial charge in [-0.2, -0.15) is 0 Å². The molecule has 14 heavy (non-hydrogen) atoms. The highest BCUT2D eigenvalue weighted by Crippen LogP contribution is 2.29. The molecule has 0 aromatic heterocycles. The van der Waals surface area contributed by atoms with Crippen LogP contribution in [-0.4, -0.2) is 44.2 Å². The van der Waals surface area contributed by atoms with Gasteiger partial charge in [-0.05, 0) is 18.8 Å². The molecule has 82 valence electrons. The Labute approximate surface area is 85.4 Å². The first-order chi connectivity index (χ1) is 6.67. The first-order valence-electron chi connectivity index (χ1n) is 5.14. The predicted molar refractivity (Wildman–Crippen MR) is 54.8 cm³/mol. The van der Waals surface area contributed by atoms with Crippen molar-refractivity contribution >= 4 is 5.91 Å². The van der Waals surface area contributed by atoms with Gasteiger partial charge in [-0.15, -0.1) is 0 Å². The molecule has 0 bridgehead atoms. The number of carbonyl (C=O) groups excluding carboxylic acids is 1. The third-order valence-electron chi connectivity index (χ3n) is 2.65. The van der Waals surface area contributed by atoms with Crippen LogP contribution in [0, 0.1) is 5.92 Å². The van der Waals surface area contributed by atoms with Crippen LogP contribution in [0.15, 0.2) is 0 Å². The summed E-state index contributed by atoms with van der Waals surface area (Å²) in [4.78, 5) is 13.4. The Morgan fingerprint density at radius 1 is 1.64 bits per heavy atom. The molecule has 4 nitrogen and oxygen atoms in total. The number of ether oxygens (including phenoxy) is 1. The van der Waals surface area contributed by atoms with E-state index in [0.29, 0.717) is 13.0 Å². The normalized spacial score (nSPS) is 17.9. The van der Waals surface area contributed by atoms with Crippen LogP contribution in [0.5, 0.6) is 0 Å². The molecule has 1 atom stereocenters. The molecule has 0 saturated heterocycles. The van der Waals surface area contributed by atoms with E-state index in [9.17, 15) is 4.79 Å². The molecule has 1 unspecified atom stereocenters. The molecule has 1 fully saturated rings. The Morgan fingerprint density at radius 3 is 2.71 bits per heavy atom. The minimum Gasteiger partial charge on any atom is -0.380 e. The summed E-state index contributed by atoms with van der Waals surface area (Å²) in [5.41, 5.74) is 5.45. The van der Waals surface area contributed by atoms with Crippen LogP contribution < -0.4 is 5.73 Å². The molecule has 0 aliphatic heterocycles. The highest BCUT2D eigenvalue weighted by atomic mass is 16.5. The standard InChI is InChI=1S/C10H20N2O2/c1-12(7-8-3-4-8)10(13)5-9(6-11)14-2/h8-9H,3-7,11H2,1-2H3. The number of hydrogen-bond donors (Lipinski definition) is 1. The smallest absolute Gasteiger partial charge is 0.224 e. The van der Waals surface area contributed by atoms with Crippen molar-refractivity contribution in [2.24, 2.45) is 11.7 Å². The molecule has 1 rings (SSSR count). The van der Waals surface area contributed by atoms with Gasteiger partial charge in [0.15, 0.2) is 0 Å². The molecular weight excluding hydrogens is 180 g/mol. The Morgan fingerprint density at radius 2 is 2.29 bits per heavy atom. The number of nitrogens with zero attached hydrogens (tertiary/aromatic N) is 1. The van der Waals surface area contributed by atoms with Gasteiger partial charge in [0.2, 0.25) is 5.91 Å². The lowest BCUT2D eigenvalue weighted by atomic mass is 10.2. The number of nitrogens with two attached hydrogens (primary N) is 1. The molecule has 0 heterocycles. The van der Waals surface area contributed by atoms with Crippen molar-refractivity contribution in [3.63, 3.8) is 0 Å². The van der Waals surface area contributed by atoms with Gasteiger partial charge in [0.05, 0.1) is 12.5 Å². The van der Waals surface area contributed by atoms with E-state index in [1.807, 2.05) is 7.05 Å². The summed E-state index contributed by atoms with van der Waals surface area (Å²) in [7, 11) is 3.44. The average Bonchev–Trinajstić information content (AvgIpc) is 2.97. The third-order valence-corrected chi connectivity index (χ3v) is 2.65. The lowest BCUT2D eigenvalue weighted by Crippen LogP contribution is -2.34. The van der Waals surface area contributed by atoms with Gasteiger partial charge in [-0.3, -0.25) is 4.79 Å². The van der Waals surface area contributed by atoms with E-state index in [1.165, 1.54) is 12.8 Å². The third kappa shape index (κ3) is 3.64. The molecule has 1 aliphatic carbocycles. The monoisotopic (exact) mass is 200 g/mol. The predicted octanol–water partition coefficient (Wildman–Crippen LogP) is 0.219. The molecule has 2 N–H and O–H groups in total. The van der Waals surface area contributed by atoms with Crippen LogP contribution in [0.2, 0.25) is 0 Å². The molecule has 1 saturated carbocycles. The van der Waals surface area contributed by atoms with E-state index in [-0.39, 0.29) is 12.0 Å². The summed E-state index contributed by atoms with van der Waals surface area (Å²) in [6, 6.07) is 0. The zero-order valence-corrected chi connectivity index (χ0v) is 9.03. The van der Waals surface area contributed by atoms with Crippen LogP contribution in [0.3, 0.4) is 0 Å². The van der Waals surface area contributed by atoms with Gasteiger partial charge < -0.3 is 15.4 Å². The van der Waals surface area contributed by atoms with Crippen molar-refractivity contribution in [1.82, 2.24) is 4.90 Å². The molecule has 0 spiro atoms. The maximum absolute atomic E-state index is 11.6. The summed E-state index contributed by atoms with van der Waals surface area (Å²) in [6.07, 6.45) is 2.80. The second kappa shape index (κ2) is 5.32. The SMILES string of the molecule is COC(CN)CC(=O)N(C)CC1CC1. The van der Waals surface area contributed by atoms with Crippen LogP contribution in [-0.2, 0) is 9.53 Å². The summed E-state index contributed by atoms with van der Waals surface area (Å²) in [5.74, 6) is 0.872. The van der Waals surface area contributed by atoms with Gasteiger partial charge in [0, 0.05) is 27.2 Å². The first-order valence-corrected chi connectivity index (χ1v) is 5.14. The largest absolute Gasteiger partial charge is 0.380 e. The van der Waals surface area contributed by atoms with Gasteiger partial charge >= 0.3 is 0 Å². The lowest BCUT2D eigenvalue weighted by Gasteiger charge is -2.19. The minimum absolute atomic E-state index is 0.134. The maximum Gasteiger partial charge on any atom is 0.224 e. The quantitative estimate of drug-likeness (QED) is 0.667. The minimum atomic E-state index is -0.135. The second-order valence-corrected chi connectivity index (χ2v) is 4.02. The lowest BCUT2D eigenvalue weighted by molar-refractivity contribution is -0.132. The average molecular weight is 200 g/mol. The number of methoxy groups -OCH3 is 1. The van der Waals surface area contributed by atoms with E-state index in [4.69, 9.17) is 10.5 Å².